The molecule has 1 aromatic heterocycles. The summed E-state index contributed by atoms with van der Waals surface area (Å²) in [6.45, 7) is 1.85. The van der Waals surface area contributed by atoms with Gasteiger partial charge in [-0.05, 0) is 19.1 Å². The fraction of sp³-hybridized carbons (Fsp3) is 0.167. The van der Waals surface area contributed by atoms with Crippen LogP contribution in [-0.4, -0.2) is 16.1 Å². The average Bonchev–Trinajstić information content (AvgIpc) is 2.59. The van der Waals surface area contributed by atoms with Crippen LogP contribution in [0, 0.1) is 6.92 Å². The Hall–Kier alpha value is -1.33. The highest BCUT2D eigenvalue weighted by Crippen LogP contribution is 2.32. The third-order valence-corrected chi connectivity index (χ3v) is 4.36. The van der Waals surface area contributed by atoms with E-state index >= 15 is 0 Å². The van der Waals surface area contributed by atoms with Gasteiger partial charge in [-0.3, -0.25) is 4.79 Å². The maximum atomic E-state index is 10.7. The summed E-state index contributed by atoms with van der Waals surface area (Å²) in [7, 11) is 0. The monoisotopic (exact) mass is 265 g/mol. The number of benzene rings is 1. The summed E-state index contributed by atoms with van der Waals surface area (Å²) in [4.78, 5) is 17.0. The van der Waals surface area contributed by atoms with Crippen LogP contribution in [-0.2, 0) is 11.2 Å². The van der Waals surface area contributed by atoms with E-state index in [9.17, 15) is 4.79 Å². The van der Waals surface area contributed by atoms with Crippen LogP contribution in [0.3, 0.4) is 0 Å². The highest BCUT2D eigenvalue weighted by atomic mass is 32.2. The highest BCUT2D eigenvalue weighted by Gasteiger charge is 2.11. The van der Waals surface area contributed by atoms with Crippen LogP contribution in [0.25, 0.3) is 0 Å². The van der Waals surface area contributed by atoms with Gasteiger partial charge in [0.2, 0.25) is 0 Å². The number of carboxylic acid groups (broad SMARTS) is 1. The van der Waals surface area contributed by atoms with Crippen molar-refractivity contribution in [2.24, 2.45) is 0 Å². The van der Waals surface area contributed by atoms with Crippen molar-refractivity contribution in [3.05, 3.63) is 40.9 Å². The van der Waals surface area contributed by atoms with Crippen molar-refractivity contribution in [2.75, 3.05) is 0 Å². The van der Waals surface area contributed by atoms with Crippen molar-refractivity contribution in [2.45, 2.75) is 22.6 Å². The predicted molar refractivity (Wildman–Crippen MR) is 68.8 cm³/mol. The minimum absolute atomic E-state index is 0.0544. The van der Waals surface area contributed by atoms with E-state index in [-0.39, 0.29) is 6.42 Å². The number of nitrogens with zero attached hydrogens (tertiary/aromatic N) is 1. The van der Waals surface area contributed by atoms with E-state index < -0.39 is 5.97 Å². The van der Waals surface area contributed by atoms with E-state index in [1.807, 2.05) is 37.3 Å². The molecule has 3 nitrogen and oxygen atoms in total. The lowest BCUT2D eigenvalue weighted by atomic mass is 10.3. The van der Waals surface area contributed by atoms with Crippen LogP contribution >= 0.6 is 23.1 Å². The van der Waals surface area contributed by atoms with E-state index in [4.69, 9.17) is 5.11 Å². The van der Waals surface area contributed by atoms with Crippen molar-refractivity contribution in [1.82, 2.24) is 4.98 Å². The van der Waals surface area contributed by atoms with Crippen molar-refractivity contribution in [3.63, 3.8) is 0 Å². The topological polar surface area (TPSA) is 50.2 Å². The van der Waals surface area contributed by atoms with Gasteiger partial charge in [0.1, 0.15) is 0 Å². The summed E-state index contributed by atoms with van der Waals surface area (Å²) in [5, 5.41) is 8.76. The van der Waals surface area contributed by atoms with Gasteiger partial charge < -0.3 is 5.11 Å². The highest BCUT2D eigenvalue weighted by molar-refractivity contribution is 8.01. The van der Waals surface area contributed by atoms with E-state index in [0.717, 1.165) is 19.8 Å². The molecule has 0 amide bonds. The number of aromatic nitrogens is 1. The molecule has 0 radical (unpaired) electrons. The fourth-order valence-electron chi connectivity index (χ4n) is 1.34. The summed E-state index contributed by atoms with van der Waals surface area (Å²) in [6.07, 6.45) is 0.0544. The van der Waals surface area contributed by atoms with Crippen LogP contribution in [0.1, 0.15) is 10.6 Å². The molecule has 88 valence electrons. The molecule has 0 unspecified atom stereocenters. The molecule has 0 aliphatic carbocycles. The maximum Gasteiger partial charge on any atom is 0.308 e. The zero-order valence-electron chi connectivity index (χ0n) is 9.21. The Balaban J connectivity index is 2.15. The number of aryl methyl sites for hydroxylation is 1. The smallest absolute Gasteiger partial charge is 0.308 e. The zero-order chi connectivity index (χ0) is 12.3. The maximum absolute atomic E-state index is 10.7. The Kier molecular flexibility index (Phi) is 3.81. The molecule has 0 saturated heterocycles. The summed E-state index contributed by atoms with van der Waals surface area (Å²) in [6, 6.07) is 9.94. The predicted octanol–water partition coefficient (Wildman–Crippen LogP) is 3.23. The van der Waals surface area contributed by atoms with Gasteiger partial charge in [-0.2, -0.15) is 0 Å². The summed E-state index contributed by atoms with van der Waals surface area (Å²) < 4.78 is 0.893. The molecule has 0 aliphatic heterocycles. The first kappa shape index (κ1) is 12.1. The van der Waals surface area contributed by atoms with E-state index in [1.54, 1.807) is 11.8 Å². The SMILES string of the molecule is Cc1nc(Sc2ccccc2)sc1CC(=O)O. The number of rotatable bonds is 4. The van der Waals surface area contributed by atoms with Gasteiger partial charge in [-0.25, -0.2) is 4.98 Å². The number of aliphatic carboxylic acids is 1. The van der Waals surface area contributed by atoms with E-state index in [2.05, 4.69) is 4.98 Å². The van der Waals surface area contributed by atoms with Crippen LogP contribution in [0.15, 0.2) is 39.6 Å². The van der Waals surface area contributed by atoms with Crippen LogP contribution < -0.4 is 0 Å². The lowest BCUT2D eigenvalue weighted by Crippen LogP contribution is -1.99. The zero-order valence-corrected chi connectivity index (χ0v) is 10.8. The van der Waals surface area contributed by atoms with Gasteiger partial charge in [-0.1, -0.05) is 30.0 Å². The van der Waals surface area contributed by atoms with Gasteiger partial charge in [0.25, 0.3) is 0 Å². The van der Waals surface area contributed by atoms with Gasteiger partial charge in [0.15, 0.2) is 4.34 Å². The second-order valence-electron chi connectivity index (χ2n) is 3.47. The Morgan fingerprint density at radius 3 is 2.76 bits per heavy atom. The lowest BCUT2D eigenvalue weighted by Gasteiger charge is -1.94. The van der Waals surface area contributed by atoms with Crippen molar-refractivity contribution < 1.29 is 9.90 Å². The van der Waals surface area contributed by atoms with Crippen molar-refractivity contribution >= 4 is 29.1 Å². The molecule has 5 heteroatoms. The third kappa shape index (κ3) is 3.31. The van der Waals surface area contributed by atoms with Crippen LogP contribution in [0.5, 0.6) is 0 Å². The molecule has 0 fully saturated rings. The molecule has 17 heavy (non-hydrogen) atoms. The summed E-state index contributed by atoms with van der Waals surface area (Å²) in [5.41, 5.74) is 0.816. The first-order valence-corrected chi connectivity index (χ1v) is 6.69. The molecule has 1 aromatic carbocycles. The Labute approximate surface area is 108 Å². The Morgan fingerprint density at radius 2 is 2.12 bits per heavy atom. The molecule has 0 spiro atoms. The van der Waals surface area contributed by atoms with Gasteiger partial charge >= 0.3 is 5.97 Å². The second-order valence-corrected chi connectivity index (χ2v) is 5.88. The minimum atomic E-state index is -0.812. The molecule has 2 rings (SSSR count). The molecular formula is C12H11NO2S2. The minimum Gasteiger partial charge on any atom is -0.481 e. The first-order valence-electron chi connectivity index (χ1n) is 5.06. The second kappa shape index (κ2) is 5.33. The summed E-state index contributed by atoms with van der Waals surface area (Å²) in [5.74, 6) is -0.812. The molecule has 2 aromatic rings. The first-order chi connectivity index (χ1) is 8.15. The summed E-state index contributed by atoms with van der Waals surface area (Å²) >= 11 is 3.02. The lowest BCUT2D eigenvalue weighted by molar-refractivity contribution is -0.136. The molecule has 0 bridgehead atoms. The van der Waals surface area contributed by atoms with Gasteiger partial charge in [-0.15, -0.1) is 11.3 Å². The van der Waals surface area contributed by atoms with E-state index in [0.29, 0.717) is 0 Å². The standard InChI is InChI=1S/C12H11NO2S2/c1-8-10(7-11(14)15)17-12(13-8)16-9-5-3-2-4-6-9/h2-6H,7H2,1H3,(H,14,15). The largest absolute Gasteiger partial charge is 0.481 e. The molecule has 1 N–H and O–H groups in total. The fourth-order valence-corrected chi connectivity index (χ4v) is 3.55. The third-order valence-electron chi connectivity index (χ3n) is 2.13. The number of hydrogen-bond acceptors (Lipinski definition) is 4. The van der Waals surface area contributed by atoms with Crippen LogP contribution in [0.4, 0.5) is 0 Å². The molecular weight excluding hydrogens is 254 g/mol. The van der Waals surface area contributed by atoms with Gasteiger partial charge in [0.05, 0.1) is 12.1 Å². The number of hydrogen-bond donors (Lipinski definition) is 1. The Morgan fingerprint density at radius 1 is 1.41 bits per heavy atom. The Bertz CT molecular complexity index is 523. The number of thiazole rings is 1. The van der Waals surface area contributed by atoms with Crippen LogP contribution in [0.2, 0.25) is 0 Å². The number of carbonyl (C=O) groups is 1. The van der Waals surface area contributed by atoms with E-state index in [1.165, 1.54) is 11.3 Å². The normalized spacial score (nSPS) is 10.4. The number of carboxylic acids is 1. The molecule has 0 aliphatic rings. The molecule has 1 heterocycles. The van der Waals surface area contributed by atoms with Crippen molar-refractivity contribution in [1.29, 1.82) is 0 Å². The van der Waals surface area contributed by atoms with Gasteiger partial charge in [0, 0.05) is 9.77 Å². The molecule has 0 atom stereocenters. The molecule has 0 saturated carbocycles. The average molecular weight is 265 g/mol. The quantitative estimate of drug-likeness (QED) is 0.922. The van der Waals surface area contributed by atoms with Crippen molar-refractivity contribution in [3.8, 4) is 0 Å².